The van der Waals surface area contributed by atoms with Gasteiger partial charge in [-0.15, -0.1) is 0 Å². The molecule has 0 aromatic rings. The minimum absolute atomic E-state index is 0.0235. The number of allylic oxidation sites excluding steroid dienone is 2. The fourth-order valence-electron chi connectivity index (χ4n) is 2.33. The lowest BCUT2D eigenvalue weighted by atomic mass is 10.1. The van der Waals surface area contributed by atoms with E-state index in [4.69, 9.17) is 9.47 Å². The monoisotopic (exact) mass is 284 g/mol. The van der Waals surface area contributed by atoms with Gasteiger partial charge < -0.3 is 9.47 Å². The molecule has 0 aliphatic rings. The molecule has 120 valence electrons. The van der Waals surface area contributed by atoms with Crippen LogP contribution in [-0.4, -0.2) is 19.5 Å². The van der Waals surface area contributed by atoms with Gasteiger partial charge in [-0.25, -0.2) is 0 Å². The smallest absolute Gasteiger partial charge is 0.157 e. The van der Waals surface area contributed by atoms with Crippen LogP contribution in [-0.2, 0) is 9.47 Å². The Kier molecular flexibility index (Phi) is 16.4. The zero-order valence-corrected chi connectivity index (χ0v) is 14.0. The number of hydrogen-bond acceptors (Lipinski definition) is 2. The summed E-state index contributed by atoms with van der Waals surface area (Å²) in [6.45, 7) is 7.75. The molecule has 0 atom stereocenters. The van der Waals surface area contributed by atoms with Crippen LogP contribution in [0.5, 0.6) is 0 Å². The van der Waals surface area contributed by atoms with Crippen molar-refractivity contribution in [2.75, 3.05) is 13.2 Å². The Morgan fingerprint density at radius 3 is 1.80 bits per heavy atom. The lowest BCUT2D eigenvalue weighted by molar-refractivity contribution is -0.140. The van der Waals surface area contributed by atoms with Crippen LogP contribution in [0.25, 0.3) is 0 Å². The average Bonchev–Trinajstić information content (AvgIpc) is 2.45. The third kappa shape index (κ3) is 14.1. The molecule has 0 aromatic heterocycles. The third-order valence-corrected chi connectivity index (χ3v) is 3.42. The van der Waals surface area contributed by atoms with E-state index in [9.17, 15) is 0 Å². The summed E-state index contributed by atoms with van der Waals surface area (Å²) in [5.74, 6) is 0. The zero-order chi connectivity index (χ0) is 14.9. The van der Waals surface area contributed by atoms with Crippen molar-refractivity contribution in [1.29, 1.82) is 0 Å². The number of rotatable bonds is 15. The molecule has 0 radical (unpaired) electrons. The first-order valence-electron chi connectivity index (χ1n) is 8.73. The molecule has 0 amide bonds. The Balaban J connectivity index is 3.24. The molecule has 0 aliphatic carbocycles. The van der Waals surface area contributed by atoms with Crippen LogP contribution in [0, 0.1) is 0 Å². The first kappa shape index (κ1) is 19.7. The van der Waals surface area contributed by atoms with Crippen LogP contribution >= 0.6 is 0 Å². The topological polar surface area (TPSA) is 18.5 Å². The van der Waals surface area contributed by atoms with Crippen molar-refractivity contribution in [3.8, 4) is 0 Å². The van der Waals surface area contributed by atoms with Gasteiger partial charge in [-0.2, -0.15) is 0 Å². The lowest BCUT2D eigenvalue weighted by Gasteiger charge is -2.16. The maximum absolute atomic E-state index is 5.55. The van der Waals surface area contributed by atoms with Crippen molar-refractivity contribution in [3.63, 3.8) is 0 Å². The Hall–Kier alpha value is -0.340. The molecule has 0 N–H and O–H groups in total. The highest BCUT2D eigenvalue weighted by Crippen LogP contribution is 2.12. The standard InChI is InChI=1S/C18H36O2/c1-4-7-8-9-10-11-12-13-14-15-16-17-18(19-5-2)20-6-3/h7-8,18H,4-6,9-17H2,1-3H3/b8-7-. The summed E-state index contributed by atoms with van der Waals surface area (Å²) in [6, 6.07) is 0. The molecule has 0 fully saturated rings. The van der Waals surface area contributed by atoms with Gasteiger partial charge in [0.15, 0.2) is 6.29 Å². The van der Waals surface area contributed by atoms with Crippen LogP contribution in [0.1, 0.15) is 85.0 Å². The van der Waals surface area contributed by atoms with E-state index in [1.54, 1.807) is 0 Å². The van der Waals surface area contributed by atoms with E-state index in [0.717, 1.165) is 19.6 Å². The molecule has 0 bridgehead atoms. The quantitative estimate of drug-likeness (QED) is 0.213. The van der Waals surface area contributed by atoms with Crippen LogP contribution in [0.15, 0.2) is 12.2 Å². The van der Waals surface area contributed by atoms with Gasteiger partial charge in [0.1, 0.15) is 0 Å². The van der Waals surface area contributed by atoms with Gasteiger partial charge in [-0.1, -0.05) is 51.2 Å². The molecule has 0 aromatic carbocycles. The second-order valence-corrected chi connectivity index (χ2v) is 5.27. The molecule has 0 saturated carbocycles. The molecule has 0 saturated heterocycles. The normalized spacial score (nSPS) is 11.8. The highest BCUT2D eigenvalue weighted by Gasteiger charge is 2.06. The molecule has 0 heterocycles. The van der Waals surface area contributed by atoms with Crippen molar-refractivity contribution in [2.45, 2.75) is 91.3 Å². The zero-order valence-electron chi connectivity index (χ0n) is 14.0. The maximum atomic E-state index is 5.55. The molecular formula is C18H36O2. The molecule has 0 aliphatic heterocycles. The van der Waals surface area contributed by atoms with Gasteiger partial charge in [0.05, 0.1) is 0 Å². The molecule has 2 heteroatoms. The third-order valence-electron chi connectivity index (χ3n) is 3.42. The number of unbranched alkanes of at least 4 members (excludes halogenated alkanes) is 7. The highest BCUT2D eigenvalue weighted by atomic mass is 16.7. The van der Waals surface area contributed by atoms with Crippen LogP contribution in [0.3, 0.4) is 0 Å². The number of ether oxygens (including phenoxy) is 2. The second-order valence-electron chi connectivity index (χ2n) is 5.27. The summed E-state index contributed by atoms with van der Waals surface area (Å²) in [4.78, 5) is 0. The van der Waals surface area contributed by atoms with Crippen molar-refractivity contribution >= 4 is 0 Å². The predicted octanol–water partition coefficient (Wildman–Crippen LogP) is 5.86. The van der Waals surface area contributed by atoms with E-state index in [2.05, 4.69) is 19.1 Å². The first-order valence-corrected chi connectivity index (χ1v) is 8.73. The SMILES string of the molecule is CC/C=C\CCCCCCCCCC(OCC)OCC. The van der Waals surface area contributed by atoms with Gasteiger partial charge in [0.25, 0.3) is 0 Å². The first-order chi connectivity index (χ1) is 9.85. The minimum Gasteiger partial charge on any atom is -0.353 e. The van der Waals surface area contributed by atoms with E-state index in [1.165, 1.54) is 57.8 Å². The van der Waals surface area contributed by atoms with Gasteiger partial charge >= 0.3 is 0 Å². The Bertz CT molecular complexity index is 196. The molecule has 2 nitrogen and oxygen atoms in total. The van der Waals surface area contributed by atoms with E-state index < -0.39 is 0 Å². The van der Waals surface area contributed by atoms with E-state index >= 15 is 0 Å². The van der Waals surface area contributed by atoms with Gasteiger partial charge in [-0.3, -0.25) is 0 Å². The summed E-state index contributed by atoms with van der Waals surface area (Å²) in [5.41, 5.74) is 0. The molecule has 0 unspecified atom stereocenters. The van der Waals surface area contributed by atoms with Crippen LogP contribution in [0.4, 0.5) is 0 Å². The van der Waals surface area contributed by atoms with Crippen LogP contribution in [0.2, 0.25) is 0 Å². The average molecular weight is 284 g/mol. The van der Waals surface area contributed by atoms with Crippen molar-refractivity contribution in [3.05, 3.63) is 12.2 Å². The van der Waals surface area contributed by atoms with Gasteiger partial charge in [0.2, 0.25) is 0 Å². The van der Waals surface area contributed by atoms with Crippen LogP contribution < -0.4 is 0 Å². The molecule has 0 spiro atoms. The van der Waals surface area contributed by atoms with E-state index in [0.29, 0.717) is 0 Å². The summed E-state index contributed by atoms with van der Waals surface area (Å²) in [7, 11) is 0. The second kappa shape index (κ2) is 16.7. The Labute approximate surface area is 126 Å². The Morgan fingerprint density at radius 1 is 0.700 bits per heavy atom. The summed E-state index contributed by atoms with van der Waals surface area (Å²) >= 11 is 0. The predicted molar refractivity (Wildman–Crippen MR) is 88.0 cm³/mol. The lowest BCUT2D eigenvalue weighted by Crippen LogP contribution is -2.17. The molecular weight excluding hydrogens is 248 g/mol. The fourth-order valence-corrected chi connectivity index (χ4v) is 2.33. The van der Waals surface area contributed by atoms with Crippen molar-refractivity contribution in [2.24, 2.45) is 0 Å². The summed E-state index contributed by atoms with van der Waals surface area (Å²) < 4.78 is 11.1. The molecule has 20 heavy (non-hydrogen) atoms. The van der Waals surface area contributed by atoms with E-state index in [1.807, 2.05) is 13.8 Å². The van der Waals surface area contributed by atoms with E-state index in [-0.39, 0.29) is 6.29 Å². The maximum Gasteiger partial charge on any atom is 0.157 e. The number of hydrogen-bond donors (Lipinski definition) is 0. The largest absolute Gasteiger partial charge is 0.353 e. The van der Waals surface area contributed by atoms with Crippen molar-refractivity contribution < 1.29 is 9.47 Å². The molecule has 0 rings (SSSR count). The van der Waals surface area contributed by atoms with Crippen molar-refractivity contribution in [1.82, 2.24) is 0 Å². The summed E-state index contributed by atoms with van der Waals surface area (Å²) in [5, 5.41) is 0. The van der Waals surface area contributed by atoms with Gasteiger partial charge in [-0.05, 0) is 46.0 Å². The fraction of sp³-hybridized carbons (Fsp3) is 0.889. The summed E-state index contributed by atoms with van der Waals surface area (Å²) in [6.07, 6.45) is 17.5. The Morgan fingerprint density at radius 2 is 1.25 bits per heavy atom. The minimum atomic E-state index is 0.0235. The van der Waals surface area contributed by atoms with Gasteiger partial charge in [0, 0.05) is 13.2 Å². The highest BCUT2D eigenvalue weighted by molar-refractivity contribution is 4.79.